The zero-order chi connectivity index (χ0) is 23.7. The Hall–Kier alpha value is -1.75. The second-order valence-electron chi connectivity index (χ2n) is 9.48. The molecule has 3 nitrogen and oxygen atoms in total. The molecular formula is C29H41NO2Sn. The molecule has 0 saturated carbocycles. The normalized spacial score (nSPS) is 18.4. The summed E-state index contributed by atoms with van der Waals surface area (Å²) in [7, 11) is 0. The molecule has 1 aliphatic heterocycles. The topological polar surface area (TPSA) is 29.5 Å². The van der Waals surface area contributed by atoms with E-state index in [1.807, 2.05) is 29.2 Å². The summed E-state index contributed by atoms with van der Waals surface area (Å²) in [4.78, 5) is 15.5. The van der Waals surface area contributed by atoms with Gasteiger partial charge in [0, 0.05) is 0 Å². The van der Waals surface area contributed by atoms with Crippen LogP contribution in [0.1, 0.15) is 82.6 Å². The maximum atomic E-state index is 13.5. The Morgan fingerprint density at radius 3 is 1.73 bits per heavy atom. The molecule has 0 aromatic heterocycles. The van der Waals surface area contributed by atoms with Gasteiger partial charge in [-0.25, -0.2) is 0 Å². The first-order chi connectivity index (χ1) is 16.1. The first kappa shape index (κ1) is 25.9. The summed E-state index contributed by atoms with van der Waals surface area (Å²) in [5, 5.41) is 0. The van der Waals surface area contributed by atoms with Crippen molar-refractivity contribution in [2.75, 3.05) is 0 Å². The standard InChI is InChI=1S/C17H14NO2.3C4H9.Sn/c1-2-18-15(13-9-5-3-6-10-13)16(20-17(18)19)14-11-7-4-8-12-14;3*1-3-4-2;/h3-12,15-16H,1H2;3*1,3-4H2,2H3;/t15-,16+;;;;/m1..../s1. The van der Waals surface area contributed by atoms with Gasteiger partial charge in [-0.3, -0.25) is 0 Å². The predicted molar refractivity (Wildman–Crippen MR) is 141 cm³/mol. The molecule has 1 fully saturated rings. The molecule has 0 N–H and O–H groups in total. The van der Waals surface area contributed by atoms with Crippen molar-refractivity contribution in [3.05, 3.63) is 82.1 Å². The molecule has 1 saturated heterocycles. The van der Waals surface area contributed by atoms with Crippen LogP contribution >= 0.6 is 0 Å². The van der Waals surface area contributed by atoms with E-state index in [1.54, 1.807) is 0 Å². The number of hydrogen-bond donors (Lipinski definition) is 0. The van der Waals surface area contributed by atoms with Crippen molar-refractivity contribution in [3.63, 3.8) is 0 Å². The van der Waals surface area contributed by atoms with E-state index in [0.717, 1.165) is 14.8 Å². The van der Waals surface area contributed by atoms with Crippen molar-refractivity contribution in [2.45, 2.75) is 84.8 Å². The fourth-order valence-corrected chi connectivity index (χ4v) is 20.8. The molecule has 33 heavy (non-hydrogen) atoms. The van der Waals surface area contributed by atoms with Gasteiger partial charge < -0.3 is 0 Å². The molecule has 2 atom stereocenters. The second-order valence-corrected chi connectivity index (χ2v) is 22.7. The van der Waals surface area contributed by atoms with Gasteiger partial charge in [0.05, 0.1) is 0 Å². The van der Waals surface area contributed by atoms with E-state index in [1.165, 1.54) is 51.8 Å². The molecule has 0 unspecified atom stereocenters. The minimum atomic E-state index is -2.90. The molecule has 1 aliphatic rings. The third kappa shape index (κ3) is 6.03. The molecule has 0 radical (unpaired) electrons. The van der Waals surface area contributed by atoms with Gasteiger partial charge in [0.1, 0.15) is 0 Å². The van der Waals surface area contributed by atoms with Crippen molar-refractivity contribution in [3.8, 4) is 0 Å². The third-order valence-corrected chi connectivity index (χ3v) is 22.6. The Morgan fingerprint density at radius 2 is 1.27 bits per heavy atom. The van der Waals surface area contributed by atoms with Crippen molar-refractivity contribution < 1.29 is 9.53 Å². The third-order valence-electron chi connectivity index (χ3n) is 7.19. The molecule has 0 aliphatic carbocycles. The van der Waals surface area contributed by atoms with Crippen LogP contribution < -0.4 is 0 Å². The zero-order valence-electron chi connectivity index (χ0n) is 20.8. The van der Waals surface area contributed by atoms with Gasteiger partial charge in [-0.05, 0) is 0 Å². The first-order valence-electron chi connectivity index (χ1n) is 12.9. The van der Waals surface area contributed by atoms with E-state index in [0.29, 0.717) is 0 Å². The fraction of sp³-hybridized carbons (Fsp3) is 0.483. The molecule has 3 rings (SSSR count). The Bertz CT molecular complexity index is 861. The summed E-state index contributed by atoms with van der Waals surface area (Å²) in [6.45, 7) is 11.6. The summed E-state index contributed by atoms with van der Waals surface area (Å²) in [6, 6.07) is 20.5. The van der Waals surface area contributed by atoms with Crippen molar-refractivity contribution in [1.82, 2.24) is 4.90 Å². The van der Waals surface area contributed by atoms with Crippen molar-refractivity contribution in [2.24, 2.45) is 0 Å². The summed E-state index contributed by atoms with van der Waals surface area (Å²) >= 11 is -2.90. The van der Waals surface area contributed by atoms with Gasteiger partial charge in [-0.15, -0.1) is 0 Å². The Kier molecular flexibility index (Phi) is 9.91. The van der Waals surface area contributed by atoms with Crippen LogP contribution in [0.2, 0.25) is 13.3 Å². The molecular weight excluding hydrogens is 513 g/mol. The second kappa shape index (κ2) is 12.6. The van der Waals surface area contributed by atoms with Crippen LogP contribution in [0.5, 0.6) is 0 Å². The number of benzene rings is 2. The van der Waals surface area contributed by atoms with E-state index in [9.17, 15) is 4.79 Å². The zero-order valence-corrected chi connectivity index (χ0v) is 23.6. The number of ether oxygens (including phenoxy) is 1. The SMILES string of the molecule is C=[C](N1C(=O)O[C@@H](c2ccccc2)[C@H]1c1ccccc1)[Sn]([CH2]CCC)([CH2]CCC)[CH2]CCC. The molecule has 0 spiro atoms. The van der Waals surface area contributed by atoms with Gasteiger partial charge in [0.25, 0.3) is 0 Å². The van der Waals surface area contributed by atoms with Gasteiger partial charge in [0.2, 0.25) is 0 Å². The Balaban J connectivity index is 2.06. The van der Waals surface area contributed by atoms with Crippen LogP contribution in [-0.2, 0) is 4.74 Å². The molecule has 4 heteroatoms. The maximum absolute atomic E-state index is 13.5. The van der Waals surface area contributed by atoms with Crippen molar-refractivity contribution in [1.29, 1.82) is 0 Å². The van der Waals surface area contributed by atoms with E-state index in [-0.39, 0.29) is 18.2 Å². The van der Waals surface area contributed by atoms with Crippen LogP contribution in [0, 0.1) is 0 Å². The number of cyclic esters (lactones) is 1. The number of rotatable bonds is 13. The number of unbranched alkanes of at least 4 members (excludes halogenated alkanes) is 3. The van der Waals surface area contributed by atoms with Crippen LogP contribution in [0.25, 0.3) is 0 Å². The monoisotopic (exact) mass is 555 g/mol. The average Bonchev–Trinajstić information content (AvgIpc) is 3.21. The summed E-state index contributed by atoms with van der Waals surface area (Å²) in [6.07, 6.45) is 6.78. The van der Waals surface area contributed by atoms with Gasteiger partial charge >= 0.3 is 206 Å². The summed E-state index contributed by atoms with van der Waals surface area (Å²) in [5.41, 5.74) is 2.17. The van der Waals surface area contributed by atoms with E-state index in [2.05, 4.69) is 57.2 Å². The van der Waals surface area contributed by atoms with Gasteiger partial charge in [-0.1, -0.05) is 0 Å². The number of hydrogen-bond acceptors (Lipinski definition) is 2. The molecule has 1 amide bonds. The van der Waals surface area contributed by atoms with Gasteiger partial charge in [0.15, 0.2) is 0 Å². The first-order valence-corrected chi connectivity index (χ1v) is 20.3. The Morgan fingerprint density at radius 1 is 0.818 bits per heavy atom. The Labute approximate surface area is 205 Å². The van der Waals surface area contributed by atoms with Crippen LogP contribution in [0.4, 0.5) is 4.79 Å². The van der Waals surface area contributed by atoms with Crippen molar-refractivity contribution >= 4 is 24.5 Å². The molecule has 1 heterocycles. The quantitative estimate of drug-likeness (QED) is 0.232. The van der Waals surface area contributed by atoms with Crippen LogP contribution in [-0.4, -0.2) is 29.4 Å². The number of amides is 1. The molecule has 0 bridgehead atoms. The fourth-order valence-electron chi connectivity index (χ4n) is 5.23. The summed E-state index contributed by atoms with van der Waals surface area (Å²) in [5.74, 6) is 0. The predicted octanol–water partition coefficient (Wildman–Crippen LogP) is 8.82. The minimum absolute atomic E-state index is 0.158. The van der Waals surface area contributed by atoms with Gasteiger partial charge in [-0.2, -0.15) is 0 Å². The van der Waals surface area contributed by atoms with E-state index < -0.39 is 18.4 Å². The van der Waals surface area contributed by atoms with E-state index in [4.69, 9.17) is 11.3 Å². The average molecular weight is 554 g/mol. The van der Waals surface area contributed by atoms with Crippen LogP contribution in [0.15, 0.2) is 71.0 Å². The van der Waals surface area contributed by atoms with Crippen LogP contribution in [0.3, 0.4) is 0 Å². The summed E-state index contributed by atoms with van der Waals surface area (Å²) < 4.78 is 11.1. The molecule has 178 valence electrons. The number of carbonyl (C=O) groups is 1. The molecule has 2 aromatic rings. The van der Waals surface area contributed by atoms with E-state index >= 15 is 0 Å². The molecule has 2 aromatic carbocycles. The number of nitrogens with zero attached hydrogens (tertiary/aromatic N) is 1. The number of carbonyl (C=O) groups excluding carboxylic acids is 1.